The first-order valence-electron chi connectivity index (χ1n) is 8.45. The topological polar surface area (TPSA) is 6.48 Å². The molecule has 23 heavy (non-hydrogen) atoms. The second-order valence-corrected chi connectivity index (χ2v) is 6.28. The maximum atomic E-state index is 2.22. The molecule has 0 aliphatic heterocycles. The molecule has 126 valence electrons. The highest BCUT2D eigenvalue weighted by atomic mass is 15.0. The van der Waals surface area contributed by atoms with E-state index in [0.29, 0.717) is 0 Å². The Bertz CT molecular complexity index is 522. The van der Waals surface area contributed by atoms with E-state index in [1.807, 2.05) is 0 Å². The minimum Gasteiger partial charge on any atom is -0.310 e. The molecule has 0 unspecified atom stereocenters. The van der Waals surface area contributed by atoms with Crippen LogP contribution in [0.4, 0.5) is 0 Å². The summed E-state index contributed by atoms with van der Waals surface area (Å²) in [5, 5.41) is 0. The summed E-state index contributed by atoms with van der Waals surface area (Å²) in [6.07, 6.45) is 1.10. The summed E-state index contributed by atoms with van der Waals surface area (Å²) in [5.74, 6) is 0. The van der Waals surface area contributed by atoms with Crippen LogP contribution >= 0.6 is 0 Å². The average molecular weight is 313 g/mol. The molecule has 0 radical (unpaired) electrons. The Hall–Kier alpha value is -1.64. The van der Waals surface area contributed by atoms with Crippen molar-refractivity contribution in [1.82, 2.24) is 9.80 Å². The highest BCUT2D eigenvalue weighted by molar-refractivity contribution is 5.76. The summed E-state index contributed by atoms with van der Waals surface area (Å²) in [6, 6.07) is 17.3. The predicted octanol–water partition coefficient (Wildman–Crippen LogP) is 4.39. The highest BCUT2D eigenvalue weighted by Gasteiger charge is 2.15. The van der Waals surface area contributed by atoms with Crippen molar-refractivity contribution < 1.29 is 0 Å². The molecule has 0 spiro atoms. The van der Waals surface area contributed by atoms with Gasteiger partial charge in [-0.2, -0.15) is 0 Å². The zero-order valence-corrected chi connectivity index (χ0v) is 15.6. The molecule has 0 atom stereocenters. The van der Waals surface area contributed by atoms with E-state index in [0.717, 1.165) is 19.5 Å². The van der Waals surface area contributed by atoms with Crippen molar-refractivity contribution >= 4 is 0 Å². The number of hydrogen-bond acceptors (Lipinski definition) is 2. The van der Waals surface area contributed by atoms with Crippen molar-refractivity contribution in [2.75, 3.05) is 41.3 Å². The van der Waals surface area contributed by atoms with E-state index in [1.54, 1.807) is 0 Å². The molecular weight excluding hydrogens is 280 g/mol. The Morgan fingerprint density at radius 3 is 1.26 bits per heavy atom. The lowest BCUT2D eigenvalue weighted by atomic mass is 10.1. The molecule has 3 rings (SSSR count). The molecule has 0 saturated carbocycles. The summed E-state index contributed by atoms with van der Waals surface area (Å²) in [7, 11) is 8.22. The molecule has 0 saturated heterocycles. The lowest BCUT2D eigenvalue weighted by Crippen LogP contribution is -2.08. The van der Waals surface area contributed by atoms with Gasteiger partial charge in [0.15, 0.2) is 0 Å². The lowest BCUT2D eigenvalue weighted by molar-refractivity contribution is 0.434. The van der Waals surface area contributed by atoms with Crippen molar-refractivity contribution in [3.8, 4) is 11.1 Å². The Balaban J connectivity index is 0.000000224. The van der Waals surface area contributed by atoms with Crippen molar-refractivity contribution in [3.05, 3.63) is 59.7 Å². The van der Waals surface area contributed by atoms with E-state index in [2.05, 4.69) is 100 Å². The van der Waals surface area contributed by atoms with Gasteiger partial charge in [-0.3, -0.25) is 0 Å². The third-order valence-corrected chi connectivity index (χ3v) is 3.97. The van der Waals surface area contributed by atoms with Crippen LogP contribution < -0.4 is 0 Å². The van der Waals surface area contributed by atoms with Gasteiger partial charge in [-0.05, 0) is 70.0 Å². The maximum Gasteiger partial charge on any atom is -0.00135 e. The second-order valence-electron chi connectivity index (χ2n) is 6.28. The van der Waals surface area contributed by atoms with Crippen LogP contribution in [0.1, 0.15) is 25.0 Å². The summed E-state index contributed by atoms with van der Waals surface area (Å²) in [4.78, 5) is 4.25. The zero-order valence-electron chi connectivity index (χ0n) is 15.6. The van der Waals surface area contributed by atoms with Crippen LogP contribution in [0.15, 0.2) is 48.5 Å². The minimum atomic E-state index is 1.10. The highest BCUT2D eigenvalue weighted by Crippen LogP contribution is 2.35. The Labute approximate surface area is 142 Å². The van der Waals surface area contributed by atoms with Crippen molar-refractivity contribution in [1.29, 1.82) is 0 Å². The third-order valence-electron chi connectivity index (χ3n) is 3.97. The Morgan fingerprint density at radius 2 is 0.957 bits per heavy atom. The lowest BCUT2D eigenvalue weighted by Gasteiger charge is -2.00. The van der Waals surface area contributed by atoms with Gasteiger partial charge in [0.1, 0.15) is 0 Å². The molecule has 2 aromatic carbocycles. The Kier molecular flexibility index (Phi) is 8.60. The van der Waals surface area contributed by atoms with Gasteiger partial charge in [0.25, 0.3) is 0 Å². The van der Waals surface area contributed by atoms with E-state index >= 15 is 0 Å². The van der Waals surface area contributed by atoms with Gasteiger partial charge in [0, 0.05) is 0 Å². The third kappa shape index (κ3) is 6.55. The Morgan fingerprint density at radius 1 is 0.652 bits per heavy atom. The van der Waals surface area contributed by atoms with Crippen molar-refractivity contribution in [2.45, 2.75) is 20.3 Å². The summed E-state index contributed by atoms with van der Waals surface area (Å²) < 4.78 is 0. The smallest absolute Gasteiger partial charge is 0.00135 e. The molecule has 0 bridgehead atoms. The molecule has 2 aromatic rings. The van der Waals surface area contributed by atoms with Crippen molar-refractivity contribution in [2.24, 2.45) is 0 Å². The maximum absolute atomic E-state index is 2.22. The van der Waals surface area contributed by atoms with Crippen LogP contribution in [0.25, 0.3) is 11.1 Å². The first-order chi connectivity index (χ1) is 11.0. The van der Waals surface area contributed by atoms with Gasteiger partial charge in [-0.15, -0.1) is 0 Å². The fourth-order valence-corrected chi connectivity index (χ4v) is 2.08. The molecule has 0 amide bonds. The quantitative estimate of drug-likeness (QED) is 0.692. The van der Waals surface area contributed by atoms with Crippen LogP contribution in [-0.4, -0.2) is 51.1 Å². The van der Waals surface area contributed by atoms with Crippen LogP contribution in [0, 0.1) is 0 Å². The van der Waals surface area contributed by atoms with E-state index in [9.17, 15) is 0 Å². The predicted molar refractivity (Wildman–Crippen MR) is 103 cm³/mol. The van der Waals surface area contributed by atoms with Gasteiger partial charge in [-0.25, -0.2) is 0 Å². The monoisotopic (exact) mass is 312 g/mol. The standard InChI is InChI=1S/C13H10.2C4H11N/c1-3-7-12-10(5-1)9-11-6-2-4-8-13(11)12;2*1-4-5(2)3/h1-8H,9H2;2*4H2,1-3H3. The first kappa shape index (κ1) is 19.4. The number of hydrogen-bond donors (Lipinski definition) is 0. The van der Waals surface area contributed by atoms with Crippen molar-refractivity contribution in [3.63, 3.8) is 0 Å². The molecule has 1 aliphatic rings. The minimum absolute atomic E-state index is 1.10. The molecule has 0 N–H and O–H groups in total. The summed E-state index contributed by atoms with van der Waals surface area (Å²) in [6.45, 7) is 6.53. The number of rotatable bonds is 2. The molecule has 0 fully saturated rings. The molecule has 2 nitrogen and oxygen atoms in total. The van der Waals surface area contributed by atoms with Gasteiger partial charge < -0.3 is 9.80 Å². The van der Waals surface area contributed by atoms with Gasteiger partial charge in [0.05, 0.1) is 0 Å². The molecular formula is C21H32N2. The van der Waals surface area contributed by atoms with Gasteiger partial charge in [-0.1, -0.05) is 62.4 Å². The second kappa shape index (κ2) is 10.2. The number of benzene rings is 2. The SMILES string of the molecule is CCN(C)C.CCN(C)C.c1ccc2c(c1)Cc1ccccc1-2. The van der Waals surface area contributed by atoms with Crippen LogP contribution in [0.2, 0.25) is 0 Å². The molecule has 0 aromatic heterocycles. The van der Waals surface area contributed by atoms with Gasteiger partial charge in [0.2, 0.25) is 0 Å². The van der Waals surface area contributed by atoms with E-state index in [4.69, 9.17) is 0 Å². The largest absolute Gasteiger partial charge is 0.310 e. The van der Waals surface area contributed by atoms with E-state index in [1.165, 1.54) is 22.3 Å². The van der Waals surface area contributed by atoms with E-state index < -0.39 is 0 Å². The van der Waals surface area contributed by atoms with Gasteiger partial charge >= 0.3 is 0 Å². The molecule has 2 heteroatoms. The number of nitrogens with zero attached hydrogens (tertiary/aromatic N) is 2. The first-order valence-corrected chi connectivity index (χ1v) is 8.45. The summed E-state index contributed by atoms with van der Waals surface area (Å²) in [5.41, 5.74) is 5.75. The average Bonchev–Trinajstić information content (AvgIpc) is 2.94. The van der Waals surface area contributed by atoms with E-state index in [-0.39, 0.29) is 0 Å². The fraction of sp³-hybridized carbons (Fsp3) is 0.429. The van der Waals surface area contributed by atoms with Crippen LogP contribution in [0.5, 0.6) is 0 Å². The fourth-order valence-electron chi connectivity index (χ4n) is 2.08. The molecule has 0 heterocycles. The normalized spacial score (nSPS) is 11.1. The zero-order chi connectivity index (χ0) is 17.2. The van der Waals surface area contributed by atoms with Crippen LogP contribution in [-0.2, 0) is 6.42 Å². The van der Waals surface area contributed by atoms with Crippen LogP contribution in [0.3, 0.4) is 0 Å². The number of fused-ring (bicyclic) bond motifs is 3. The summed E-state index contributed by atoms with van der Waals surface area (Å²) >= 11 is 0. The molecule has 1 aliphatic carbocycles.